The molecule has 0 radical (unpaired) electrons. The molecule has 3 nitrogen and oxygen atoms in total. The van der Waals surface area contributed by atoms with Crippen molar-refractivity contribution in [2.24, 2.45) is 0 Å². The molecule has 1 rings (SSSR count). The van der Waals surface area contributed by atoms with Gasteiger partial charge in [-0.25, -0.2) is 0 Å². The number of hydrogen-bond acceptors (Lipinski definition) is 3. The van der Waals surface area contributed by atoms with Crippen molar-refractivity contribution in [3.05, 3.63) is 29.8 Å². The molecule has 1 aromatic rings. The van der Waals surface area contributed by atoms with Gasteiger partial charge in [0.15, 0.2) is 0 Å². The van der Waals surface area contributed by atoms with E-state index in [1.165, 1.54) is 5.56 Å². The summed E-state index contributed by atoms with van der Waals surface area (Å²) in [4.78, 5) is 2.40. The number of nitrogens with two attached hydrogens (primary N) is 1. The third kappa shape index (κ3) is 5.20. The lowest BCUT2D eigenvalue weighted by Gasteiger charge is -2.26. The number of nitrogen functional groups attached to an aromatic ring is 1. The van der Waals surface area contributed by atoms with Gasteiger partial charge in [-0.3, -0.25) is 4.90 Å². The van der Waals surface area contributed by atoms with Gasteiger partial charge in [0.25, 0.3) is 0 Å². The van der Waals surface area contributed by atoms with E-state index < -0.39 is 0 Å². The summed E-state index contributed by atoms with van der Waals surface area (Å²) in [6, 6.07) is 8.61. The maximum absolute atomic E-state index is 5.68. The highest BCUT2D eigenvalue weighted by Gasteiger charge is 2.09. The SMILES string of the molecule is CCOCCN(Cc1ccc(N)cc1)C(C)C. The normalized spacial score (nSPS) is 11.4. The maximum atomic E-state index is 5.68. The molecule has 0 amide bonds. The largest absolute Gasteiger partial charge is 0.399 e. The molecule has 0 aromatic heterocycles. The molecule has 0 aliphatic rings. The zero-order chi connectivity index (χ0) is 12.7. The molecule has 0 bridgehead atoms. The van der Waals surface area contributed by atoms with Gasteiger partial charge in [-0.1, -0.05) is 12.1 Å². The predicted octanol–water partition coefficient (Wildman–Crippen LogP) is 2.52. The minimum atomic E-state index is 0.521. The second-order valence-corrected chi connectivity index (χ2v) is 4.50. The zero-order valence-corrected chi connectivity index (χ0v) is 11.1. The van der Waals surface area contributed by atoms with Crippen molar-refractivity contribution in [3.63, 3.8) is 0 Å². The van der Waals surface area contributed by atoms with Crippen LogP contribution in [0.5, 0.6) is 0 Å². The molecular formula is C14H24N2O. The molecule has 17 heavy (non-hydrogen) atoms. The van der Waals surface area contributed by atoms with Gasteiger partial charge in [0.2, 0.25) is 0 Å². The molecule has 0 saturated heterocycles. The fourth-order valence-electron chi connectivity index (χ4n) is 1.70. The van der Waals surface area contributed by atoms with Crippen molar-refractivity contribution in [1.29, 1.82) is 0 Å². The van der Waals surface area contributed by atoms with Crippen LogP contribution in [0.2, 0.25) is 0 Å². The van der Waals surface area contributed by atoms with Gasteiger partial charge in [-0.15, -0.1) is 0 Å². The minimum absolute atomic E-state index is 0.521. The predicted molar refractivity (Wildman–Crippen MR) is 72.9 cm³/mol. The Kier molecular flexibility index (Phi) is 6.01. The molecular weight excluding hydrogens is 212 g/mol. The Morgan fingerprint density at radius 1 is 1.24 bits per heavy atom. The molecule has 3 heteroatoms. The van der Waals surface area contributed by atoms with Crippen LogP contribution in [0.25, 0.3) is 0 Å². The van der Waals surface area contributed by atoms with E-state index in [0.29, 0.717) is 6.04 Å². The molecule has 0 atom stereocenters. The molecule has 0 spiro atoms. The molecule has 96 valence electrons. The Morgan fingerprint density at radius 2 is 1.88 bits per heavy atom. The average Bonchev–Trinajstić information content (AvgIpc) is 2.30. The number of ether oxygens (including phenoxy) is 1. The van der Waals surface area contributed by atoms with E-state index in [2.05, 4.69) is 30.9 Å². The van der Waals surface area contributed by atoms with Crippen LogP contribution in [-0.2, 0) is 11.3 Å². The summed E-state index contributed by atoms with van der Waals surface area (Å²) in [5.41, 5.74) is 7.80. The van der Waals surface area contributed by atoms with Gasteiger partial charge in [0.05, 0.1) is 6.61 Å². The van der Waals surface area contributed by atoms with Gasteiger partial charge in [0, 0.05) is 31.4 Å². The van der Waals surface area contributed by atoms with Crippen LogP contribution in [0, 0.1) is 0 Å². The first kappa shape index (κ1) is 14.0. The Labute approximate surface area is 105 Å². The van der Waals surface area contributed by atoms with Crippen LogP contribution in [0.4, 0.5) is 5.69 Å². The van der Waals surface area contributed by atoms with Crippen LogP contribution >= 0.6 is 0 Å². The molecule has 0 saturated carbocycles. The van der Waals surface area contributed by atoms with Crippen molar-refractivity contribution < 1.29 is 4.74 Å². The van der Waals surface area contributed by atoms with Crippen molar-refractivity contribution in [1.82, 2.24) is 4.90 Å². The highest BCUT2D eigenvalue weighted by atomic mass is 16.5. The quantitative estimate of drug-likeness (QED) is 0.584. The van der Waals surface area contributed by atoms with Crippen LogP contribution in [0.15, 0.2) is 24.3 Å². The van der Waals surface area contributed by atoms with E-state index in [1.807, 2.05) is 19.1 Å². The van der Waals surface area contributed by atoms with E-state index in [-0.39, 0.29) is 0 Å². The monoisotopic (exact) mass is 236 g/mol. The summed E-state index contributed by atoms with van der Waals surface area (Å²) in [5, 5.41) is 0. The fraction of sp³-hybridized carbons (Fsp3) is 0.571. The van der Waals surface area contributed by atoms with Crippen molar-refractivity contribution >= 4 is 5.69 Å². The van der Waals surface area contributed by atoms with Gasteiger partial charge in [0.1, 0.15) is 0 Å². The first-order chi connectivity index (χ1) is 8.13. The summed E-state index contributed by atoms with van der Waals surface area (Å²) in [6.07, 6.45) is 0. The molecule has 0 aliphatic carbocycles. The topological polar surface area (TPSA) is 38.5 Å². The van der Waals surface area contributed by atoms with Gasteiger partial charge in [-0.05, 0) is 38.5 Å². The van der Waals surface area contributed by atoms with Gasteiger partial charge in [-0.2, -0.15) is 0 Å². The lowest BCUT2D eigenvalue weighted by atomic mass is 10.1. The van der Waals surface area contributed by atoms with Crippen molar-refractivity contribution in [2.45, 2.75) is 33.4 Å². The fourth-order valence-corrected chi connectivity index (χ4v) is 1.70. The number of benzene rings is 1. The van der Waals surface area contributed by atoms with E-state index in [4.69, 9.17) is 10.5 Å². The smallest absolute Gasteiger partial charge is 0.0593 e. The molecule has 0 unspecified atom stereocenters. The van der Waals surface area contributed by atoms with Crippen molar-refractivity contribution in [3.8, 4) is 0 Å². The third-order valence-corrected chi connectivity index (χ3v) is 2.82. The van der Waals surface area contributed by atoms with E-state index >= 15 is 0 Å². The lowest BCUT2D eigenvalue weighted by molar-refractivity contribution is 0.0973. The molecule has 0 fully saturated rings. The Balaban J connectivity index is 2.51. The zero-order valence-electron chi connectivity index (χ0n) is 11.1. The van der Waals surface area contributed by atoms with E-state index in [0.717, 1.165) is 32.0 Å². The van der Waals surface area contributed by atoms with Gasteiger partial charge < -0.3 is 10.5 Å². The Morgan fingerprint density at radius 3 is 2.41 bits per heavy atom. The van der Waals surface area contributed by atoms with E-state index in [9.17, 15) is 0 Å². The standard InChI is InChI=1S/C14H24N2O/c1-4-17-10-9-16(12(2)3)11-13-5-7-14(15)8-6-13/h5-8,12H,4,9-11,15H2,1-3H3. The van der Waals surface area contributed by atoms with Crippen LogP contribution in [0.1, 0.15) is 26.3 Å². The second-order valence-electron chi connectivity index (χ2n) is 4.50. The minimum Gasteiger partial charge on any atom is -0.399 e. The molecule has 0 heterocycles. The number of anilines is 1. The number of nitrogens with zero attached hydrogens (tertiary/aromatic N) is 1. The Hall–Kier alpha value is -1.06. The first-order valence-electron chi connectivity index (χ1n) is 6.29. The maximum Gasteiger partial charge on any atom is 0.0593 e. The number of rotatable bonds is 7. The highest BCUT2D eigenvalue weighted by Crippen LogP contribution is 2.10. The molecule has 2 N–H and O–H groups in total. The summed E-state index contributed by atoms with van der Waals surface area (Å²) in [7, 11) is 0. The van der Waals surface area contributed by atoms with E-state index in [1.54, 1.807) is 0 Å². The van der Waals surface area contributed by atoms with Crippen LogP contribution in [-0.4, -0.2) is 30.7 Å². The first-order valence-corrected chi connectivity index (χ1v) is 6.29. The van der Waals surface area contributed by atoms with Gasteiger partial charge >= 0.3 is 0 Å². The lowest BCUT2D eigenvalue weighted by Crippen LogP contribution is -2.33. The average molecular weight is 236 g/mol. The summed E-state index contributed by atoms with van der Waals surface area (Å²) in [6.45, 7) is 9.95. The molecule has 0 aliphatic heterocycles. The van der Waals surface area contributed by atoms with Crippen molar-refractivity contribution in [2.75, 3.05) is 25.5 Å². The Bertz CT molecular complexity index is 309. The summed E-state index contributed by atoms with van der Waals surface area (Å²) < 4.78 is 5.41. The highest BCUT2D eigenvalue weighted by molar-refractivity contribution is 5.39. The van der Waals surface area contributed by atoms with Crippen LogP contribution < -0.4 is 5.73 Å². The number of hydrogen-bond donors (Lipinski definition) is 1. The third-order valence-electron chi connectivity index (χ3n) is 2.82. The molecule has 1 aromatic carbocycles. The van der Waals surface area contributed by atoms with Crippen LogP contribution in [0.3, 0.4) is 0 Å². The second kappa shape index (κ2) is 7.30. The summed E-state index contributed by atoms with van der Waals surface area (Å²) >= 11 is 0. The summed E-state index contributed by atoms with van der Waals surface area (Å²) in [5.74, 6) is 0.